The number of carbonyl (C=O) groups excluding carboxylic acids is 2. The fourth-order valence-electron chi connectivity index (χ4n) is 5.69. The molecule has 23 heavy (non-hydrogen) atoms. The lowest BCUT2D eigenvalue weighted by Gasteiger charge is -2.61. The molecule has 0 aromatic carbocycles. The molecule has 4 saturated carbocycles. The van der Waals surface area contributed by atoms with E-state index in [1.165, 1.54) is 32.1 Å². The molecular weight excluding hydrogens is 292 g/mol. The molecule has 0 heterocycles. The Labute approximate surface area is 138 Å². The number of hydrogen-bond donors (Lipinski definition) is 0. The average molecular weight is 320 g/mol. The first-order valence-electron chi connectivity index (χ1n) is 8.96. The van der Waals surface area contributed by atoms with Crippen molar-refractivity contribution in [1.29, 1.82) is 0 Å². The average Bonchev–Trinajstić information content (AvgIpc) is 2.49. The number of carbonyl (C=O) groups is 2. The lowest BCUT2D eigenvalue weighted by molar-refractivity contribution is -0.225. The molecule has 4 aliphatic rings. The fourth-order valence-corrected chi connectivity index (χ4v) is 5.69. The minimum atomic E-state index is -0.494. The highest BCUT2D eigenvalue weighted by Gasteiger charge is 2.60. The zero-order valence-electron chi connectivity index (χ0n) is 14.3. The van der Waals surface area contributed by atoms with Crippen molar-refractivity contribution in [2.45, 2.75) is 58.0 Å². The van der Waals surface area contributed by atoms with Gasteiger partial charge in [-0.15, -0.1) is 0 Å². The van der Waals surface area contributed by atoms with Gasteiger partial charge in [-0.2, -0.15) is 0 Å². The van der Waals surface area contributed by atoms with E-state index in [-0.39, 0.29) is 24.6 Å². The third-order valence-corrected chi connectivity index (χ3v) is 6.32. The van der Waals surface area contributed by atoms with Gasteiger partial charge >= 0.3 is 11.9 Å². The zero-order chi connectivity index (χ0) is 16.6. The summed E-state index contributed by atoms with van der Waals surface area (Å²) in [6.45, 7) is 7.79. The van der Waals surface area contributed by atoms with E-state index in [2.05, 4.69) is 20.4 Å². The second-order valence-corrected chi connectivity index (χ2v) is 7.91. The van der Waals surface area contributed by atoms with Crippen LogP contribution in [0.25, 0.3) is 0 Å². The highest BCUT2D eigenvalue weighted by Crippen LogP contribution is 2.61. The molecule has 4 fully saturated rings. The van der Waals surface area contributed by atoms with Gasteiger partial charge in [0.1, 0.15) is 12.2 Å². The third-order valence-electron chi connectivity index (χ3n) is 6.32. The van der Waals surface area contributed by atoms with Crippen LogP contribution in [0.2, 0.25) is 0 Å². The molecule has 4 bridgehead atoms. The lowest BCUT2D eigenvalue weighted by Crippen LogP contribution is -2.62. The molecule has 0 aromatic heterocycles. The van der Waals surface area contributed by atoms with E-state index in [9.17, 15) is 9.59 Å². The van der Waals surface area contributed by atoms with Crippen LogP contribution in [-0.4, -0.2) is 24.1 Å². The first-order chi connectivity index (χ1) is 11.0. The molecule has 0 amide bonds. The molecule has 128 valence electrons. The molecular formula is C19H28O4. The summed E-state index contributed by atoms with van der Waals surface area (Å²) in [5.74, 6) is 2.32. The maximum absolute atomic E-state index is 12.4. The van der Waals surface area contributed by atoms with E-state index in [0.717, 1.165) is 17.9 Å². The number of rotatable bonds is 6. The van der Waals surface area contributed by atoms with E-state index in [1.807, 2.05) is 0 Å². The van der Waals surface area contributed by atoms with Crippen LogP contribution in [0.1, 0.15) is 52.4 Å². The quantitative estimate of drug-likeness (QED) is 0.555. The Bertz CT molecular complexity index is 466. The van der Waals surface area contributed by atoms with Crippen LogP contribution in [0.3, 0.4) is 0 Å². The highest BCUT2D eigenvalue weighted by atomic mass is 16.6. The zero-order valence-corrected chi connectivity index (χ0v) is 14.3. The van der Waals surface area contributed by atoms with E-state index in [4.69, 9.17) is 9.47 Å². The van der Waals surface area contributed by atoms with Gasteiger partial charge in [0, 0.05) is 6.08 Å². The van der Waals surface area contributed by atoms with Gasteiger partial charge in [-0.25, -0.2) is 4.79 Å². The van der Waals surface area contributed by atoms with Gasteiger partial charge in [0.15, 0.2) is 0 Å². The van der Waals surface area contributed by atoms with Gasteiger partial charge in [0.25, 0.3) is 0 Å². The van der Waals surface area contributed by atoms with Gasteiger partial charge in [-0.1, -0.05) is 20.4 Å². The van der Waals surface area contributed by atoms with Crippen LogP contribution < -0.4 is 0 Å². The first kappa shape index (κ1) is 16.5. The summed E-state index contributed by atoms with van der Waals surface area (Å²) < 4.78 is 11.0. The molecule has 0 atom stereocenters. The molecule has 4 aliphatic carbocycles. The maximum atomic E-state index is 12.4. The summed E-state index contributed by atoms with van der Waals surface area (Å²) >= 11 is 0. The van der Waals surface area contributed by atoms with Crippen LogP contribution in [0, 0.1) is 29.6 Å². The van der Waals surface area contributed by atoms with Crippen molar-refractivity contribution >= 4 is 11.9 Å². The van der Waals surface area contributed by atoms with Crippen LogP contribution in [0.5, 0.6) is 0 Å². The Morgan fingerprint density at radius 3 is 2.17 bits per heavy atom. The summed E-state index contributed by atoms with van der Waals surface area (Å²) in [4.78, 5) is 23.4. The van der Waals surface area contributed by atoms with Crippen LogP contribution in [-0.2, 0) is 19.1 Å². The second kappa shape index (κ2) is 6.29. The van der Waals surface area contributed by atoms with E-state index in [0.29, 0.717) is 17.8 Å². The molecule has 0 saturated heterocycles. The van der Waals surface area contributed by atoms with Crippen molar-refractivity contribution in [2.75, 3.05) is 6.61 Å². The summed E-state index contributed by atoms with van der Waals surface area (Å²) in [6.07, 6.45) is 7.47. The number of hydrogen-bond acceptors (Lipinski definition) is 4. The Morgan fingerprint density at radius 2 is 1.70 bits per heavy atom. The highest BCUT2D eigenvalue weighted by molar-refractivity contribution is 5.81. The summed E-state index contributed by atoms with van der Waals surface area (Å²) in [5.41, 5.74) is -0.299. The predicted octanol–water partition coefficient (Wildman–Crippen LogP) is 3.50. The lowest BCUT2D eigenvalue weighted by atomic mass is 9.47. The Hall–Kier alpha value is -1.32. The minimum absolute atomic E-state index is 0.0679. The third kappa shape index (κ3) is 2.92. The predicted molar refractivity (Wildman–Crippen MR) is 86.5 cm³/mol. The molecule has 0 unspecified atom stereocenters. The number of esters is 2. The maximum Gasteiger partial charge on any atom is 0.330 e. The van der Waals surface area contributed by atoms with E-state index in [1.54, 1.807) is 0 Å². The fraction of sp³-hybridized carbons (Fsp3) is 0.789. The molecule has 0 spiro atoms. The largest absolute Gasteiger partial charge is 0.462 e. The van der Waals surface area contributed by atoms with E-state index < -0.39 is 5.97 Å². The molecule has 0 aliphatic heterocycles. The van der Waals surface area contributed by atoms with Crippen LogP contribution >= 0.6 is 0 Å². The van der Waals surface area contributed by atoms with E-state index >= 15 is 0 Å². The summed E-state index contributed by atoms with van der Waals surface area (Å²) in [7, 11) is 0. The van der Waals surface area contributed by atoms with Gasteiger partial charge in [0.05, 0.1) is 6.42 Å². The van der Waals surface area contributed by atoms with Crippen molar-refractivity contribution in [1.82, 2.24) is 0 Å². The van der Waals surface area contributed by atoms with Crippen LogP contribution in [0.4, 0.5) is 0 Å². The van der Waals surface area contributed by atoms with Gasteiger partial charge in [-0.3, -0.25) is 4.79 Å². The topological polar surface area (TPSA) is 52.6 Å². The Balaban J connectivity index is 1.66. The van der Waals surface area contributed by atoms with Crippen molar-refractivity contribution < 1.29 is 19.1 Å². The smallest absolute Gasteiger partial charge is 0.330 e. The molecule has 4 rings (SSSR count). The SMILES string of the molecule is C=CC(=O)OCCC(=O)OC1(C(C)C)C2CC3CC(C2)CC1C3. The van der Waals surface area contributed by atoms with Gasteiger partial charge in [0.2, 0.25) is 0 Å². The molecule has 4 nitrogen and oxygen atoms in total. The van der Waals surface area contributed by atoms with Gasteiger partial charge < -0.3 is 9.47 Å². The number of ether oxygens (including phenoxy) is 2. The monoisotopic (exact) mass is 320 g/mol. The van der Waals surface area contributed by atoms with Crippen molar-refractivity contribution in [3.8, 4) is 0 Å². The normalized spacial score (nSPS) is 37.7. The standard InChI is InChI=1S/C19H28O4/c1-4-17(20)22-6-5-18(21)23-19(12(2)3)15-8-13-7-14(10-15)11-16(19)9-13/h4,12-16H,1,5-11H2,2-3H3. The van der Waals surface area contributed by atoms with Crippen LogP contribution in [0.15, 0.2) is 12.7 Å². The van der Waals surface area contributed by atoms with Crippen molar-refractivity contribution in [2.24, 2.45) is 29.6 Å². The minimum Gasteiger partial charge on any atom is -0.462 e. The Morgan fingerprint density at radius 1 is 1.13 bits per heavy atom. The summed E-state index contributed by atoms with van der Waals surface area (Å²) in [6, 6.07) is 0. The molecule has 4 heteroatoms. The molecule has 0 N–H and O–H groups in total. The first-order valence-corrected chi connectivity index (χ1v) is 8.96. The molecule has 0 aromatic rings. The van der Waals surface area contributed by atoms with Crippen molar-refractivity contribution in [3.05, 3.63) is 12.7 Å². The molecule has 0 radical (unpaired) electrons. The second-order valence-electron chi connectivity index (χ2n) is 7.91. The summed E-state index contributed by atoms with van der Waals surface area (Å²) in [5, 5.41) is 0. The van der Waals surface area contributed by atoms with Gasteiger partial charge in [-0.05, 0) is 61.7 Å². The van der Waals surface area contributed by atoms with Crippen molar-refractivity contribution in [3.63, 3.8) is 0 Å². The Kier molecular flexibility index (Phi) is 4.52.